The molecule has 1 aliphatic heterocycles. The van der Waals surface area contributed by atoms with Crippen LogP contribution in [0.15, 0.2) is 24.7 Å². The Kier molecular flexibility index (Phi) is 4.32. The molecule has 4 heteroatoms. The molecule has 1 fully saturated rings. The minimum Gasteiger partial charge on any atom is -0.400 e. The summed E-state index contributed by atoms with van der Waals surface area (Å²) < 4.78 is 11.8. The molecule has 16 heavy (non-hydrogen) atoms. The smallest absolute Gasteiger partial charge is 0.400 e. The number of rotatable bonds is 5. The van der Waals surface area contributed by atoms with Crippen molar-refractivity contribution in [1.82, 2.24) is 0 Å². The second-order valence-electron chi connectivity index (χ2n) is 5.05. The van der Waals surface area contributed by atoms with Gasteiger partial charge in [-0.25, -0.2) is 0 Å². The van der Waals surface area contributed by atoms with Crippen molar-refractivity contribution in [2.24, 2.45) is 0 Å². The maximum atomic E-state index is 5.90. The second-order valence-corrected chi connectivity index (χ2v) is 6.08. The van der Waals surface area contributed by atoms with Gasteiger partial charge in [0.15, 0.2) is 0 Å². The topological polar surface area (TPSA) is 18.5 Å². The van der Waals surface area contributed by atoms with Gasteiger partial charge in [-0.2, -0.15) is 11.8 Å². The van der Waals surface area contributed by atoms with Crippen molar-refractivity contribution < 1.29 is 9.31 Å². The van der Waals surface area contributed by atoms with E-state index in [1.807, 2.05) is 6.08 Å². The number of hydrogen-bond donors (Lipinski definition) is 0. The van der Waals surface area contributed by atoms with Crippen LogP contribution >= 0.6 is 11.8 Å². The van der Waals surface area contributed by atoms with Crippen molar-refractivity contribution in [2.45, 2.75) is 38.9 Å². The molecule has 0 aromatic rings. The lowest BCUT2D eigenvalue weighted by Gasteiger charge is -2.32. The Labute approximate surface area is 104 Å². The Morgan fingerprint density at radius 3 is 2.19 bits per heavy atom. The Bertz CT molecular complexity index is 271. The van der Waals surface area contributed by atoms with Gasteiger partial charge in [-0.05, 0) is 33.2 Å². The van der Waals surface area contributed by atoms with Crippen LogP contribution in [0.4, 0.5) is 0 Å². The molecule has 0 unspecified atom stereocenters. The number of hydrogen-bond acceptors (Lipinski definition) is 3. The van der Waals surface area contributed by atoms with Crippen LogP contribution in [0.1, 0.15) is 27.7 Å². The third kappa shape index (κ3) is 2.93. The summed E-state index contributed by atoms with van der Waals surface area (Å²) in [6.07, 6.45) is 1.89. The Morgan fingerprint density at radius 1 is 1.25 bits per heavy atom. The predicted octanol–water partition coefficient (Wildman–Crippen LogP) is 3.09. The van der Waals surface area contributed by atoms with E-state index >= 15 is 0 Å². The summed E-state index contributed by atoms with van der Waals surface area (Å²) in [5.74, 6) is 1.78. The maximum Gasteiger partial charge on any atom is 0.490 e. The zero-order valence-electron chi connectivity index (χ0n) is 10.7. The highest BCUT2D eigenvalue weighted by atomic mass is 32.2. The summed E-state index contributed by atoms with van der Waals surface area (Å²) in [7, 11) is -0.276. The standard InChI is InChI=1S/C12H21BO2S/c1-7-8-16-9-10(2)13-14-11(3,4)12(5,6)15-13/h7H,1-2,8-9H2,3-6H3. The highest BCUT2D eigenvalue weighted by Gasteiger charge is 2.51. The van der Waals surface area contributed by atoms with E-state index in [0.29, 0.717) is 0 Å². The molecule has 0 atom stereocenters. The number of thioether (sulfide) groups is 1. The van der Waals surface area contributed by atoms with Crippen molar-refractivity contribution in [2.75, 3.05) is 11.5 Å². The van der Waals surface area contributed by atoms with Crippen LogP contribution in [0.5, 0.6) is 0 Å². The molecule has 0 N–H and O–H groups in total. The average molecular weight is 240 g/mol. The van der Waals surface area contributed by atoms with Crippen LogP contribution < -0.4 is 0 Å². The van der Waals surface area contributed by atoms with Gasteiger partial charge < -0.3 is 9.31 Å². The fraction of sp³-hybridized carbons (Fsp3) is 0.667. The van der Waals surface area contributed by atoms with Crippen molar-refractivity contribution in [3.8, 4) is 0 Å². The van der Waals surface area contributed by atoms with E-state index < -0.39 is 0 Å². The van der Waals surface area contributed by atoms with Gasteiger partial charge in [-0.15, -0.1) is 13.2 Å². The fourth-order valence-electron chi connectivity index (χ4n) is 1.35. The third-order valence-corrected chi connectivity index (χ3v) is 4.16. The molecule has 1 saturated heterocycles. The van der Waals surface area contributed by atoms with Crippen LogP contribution in [0, 0.1) is 0 Å². The molecule has 0 aromatic heterocycles. The van der Waals surface area contributed by atoms with Crippen molar-refractivity contribution in [3.05, 3.63) is 24.7 Å². The molecule has 0 bridgehead atoms. The molecule has 0 aliphatic carbocycles. The van der Waals surface area contributed by atoms with Gasteiger partial charge in [-0.3, -0.25) is 0 Å². The first-order valence-electron chi connectivity index (χ1n) is 5.52. The van der Waals surface area contributed by atoms with E-state index in [2.05, 4.69) is 40.9 Å². The molecule has 90 valence electrons. The van der Waals surface area contributed by atoms with Gasteiger partial charge in [0.25, 0.3) is 0 Å². The summed E-state index contributed by atoms with van der Waals surface area (Å²) in [5.41, 5.74) is 0.443. The molecular weight excluding hydrogens is 219 g/mol. The molecule has 0 radical (unpaired) electrons. The largest absolute Gasteiger partial charge is 0.490 e. The SMILES string of the molecule is C=CCSCC(=C)B1OC(C)(C)C(C)(C)O1. The van der Waals surface area contributed by atoms with E-state index in [4.69, 9.17) is 9.31 Å². The lowest BCUT2D eigenvalue weighted by Crippen LogP contribution is -2.41. The van der Waals surface area contributed by atoms with Gasteiger partial charge in [0.2, 0.25) is 0 Å². The van der Waals surface area contributed by atoms with E-state index in [1.165, 1.54) is 0 Å². The molecule has 0 amide bonds. The Morgan fingerprint density at radius 2 is 1.75 bits per heavy atom. The maximum absolute atomic E-state index is 5.90. The van der Waals surface area contributed by atoms with Crippen LogP contribution in [0.2, 0.25) is 0 Å². The average Bonchev–Trinajstić information content (AvgIpc) is 2.36. The van der Waals surface area contributed by atoms with E-state index in [9.17, 15) is 0 Å². The van der Waals surface area contributed by atoms with Gasteiger partial charge in [-0.1, -0.05) is 6.08 Å². The molecule has 0 saturated carbocycles. The van der Waals surface area contributed by atoms with Crippen molar-refractivity contribution in [1.29, 1.82) is 0 Å². The van der Waals surface area contributed by atoms with Crippen LogP contribution in [0.25, 0.3) is 0 Å². The molecule has 1 rings (SSSR count). The molecule has 1 heterocycles. The van der Waals surface area contributed by atoms with Gasteiger partial charge in [0.05, 0.1) is 11.2 Å². The quantitative estimate of drug-likeness (QED) is 0.418. The van der Waals surface area contributed by atoms with Gasteiger partial charge in [0.1, 0.15) is 0 Å². The van der Waals surface area contributed by atoms with Crippen LogP contribution in [-0.4, -0.2) is 29.8 Å². The monoisotopic (exact) mass is 240 g/mol. The van der Waals surface area contributed by atoms with E-state index in [1.54, 1.807) is 11.8 Å². The van der Waals surface area contributed by atoms with Crippen LogP contribution in [0.3, 0.4) is 0 Å². The zero-order valence-corrected chi connectivity index (χ0v) is 11.5. The van der Waals surface area contributed by atoms with Gasteiger partial charge in [0, 0.05) is 11.5 Å². The zero-order chi connectivity index (χ0) is 12.4. The summed E-state index contributed by atoms with van der Waals surface area (Å²) in [4.78, 5) is 0. The highest BCUT2D eigenvalue weighted by Crippen LogP contribution is 2.38. The summed E-state index contributed by atoms with van der Waals surface area (Å²) in [6, 6.07) is 0. The predicted molar refractivity (Wildman–Crippen MR) is 72.7 cm³/mol. The normalized spacial score (nSPS) is 22.1. The van der Waals surface area contributed by atoms with Crippen LogP contribution in [-0.2, 0) is 9.31 Å². The first kappa shape index (κ1) is 13.9. The summed E-state index contributed by atoms with van der Waals surface area (Å²) >= 11 is 1.77. The fourth-order valence-corrected chi connectivity index (χ4v) is 2.03. The summed E-state index contributed by atoms with van der Waals surface area (Å²) in [5, 5.41) is 0. The first-order chi connectivity index (χ1) is 7.30. The first-order valence-corrected chi connectivity index (χ1v) is 6.67. The Balaban J connectivity index is 2.52. The second kappa shape index (κ2) is 4.99. The molecule has 0 spiro atoms. The van der Waals surface area contributed by atoms with Crippen molar-refractivity contribution >= 4 is 18.9 Å². The molecule has 2 nitrogen and oxygen atoms in total. The minimum absolute atomic E-state index is 0.274. The highest BCUT2D eigenvalue weighted by molar-refractivity contribution is 7.99. The molecule has 1 aliphatic rings. The van der Waals surface area contributed by atoms with Crippen molar-refractivity contribution in [3.63, 3.8) is 0 Å². The minimum atomic E-state index is -0.276. The van der Waals surface area contributed by atoms with Gasteiger partial charge >= 0.3 is 7.12 Å². The molecular formula is C12H21BO2S. The van der Waals surface area contributed by atoms with E-state index in [-0.39, 0.29) is 18.3 Å². The van der Waals surface area contributed by atoms with E-state index in [0.717, 1.165) is 17.0 Å². The lowest BCUT2D eigenvalue weighted by molar-refractivity contribution is 0.00578. The Hall–Kier alpha value is -0.185. The molecule has 0 aromatic carbocycles. The lowest BCUT2D eigenvalue weighted by atomic mass is 9.81. The third-order valence-electron chi connectivity index (χ3n) is 3.11. The summed E-state index contributed by atoms with van der Waals surface area (Å²) in [6.45, 7) is 15.9.